The van der Waals surface area contributed by atoms with Crippen LogP contribution in [0.25, 0.3) is 0 Å². The first kappa shape index (κ1) is 35.5. The number of allylic oxidation sites excluding steroid dienone is 5. The number of ether oxygens (including phenoxy) is 2. The van der Waals surface area contributed by atoms with Crippen molar-refractivity contribution in [3.05, 3.63) is 58.7 Å². The van der Waals surface area contributed by atoms with Crippen LogP contribution < -0.4 is 14.4 Å². The van der Waals surface area contributed by atoms with Crippen molar-refractivity contribution in [1.29, 1.82) is 0 Å². The van der Waals surface area contributed by atoms with E-state index >= 15 is 0 Å². The Morgan fingerprint density at radius 2 is 2.00 bits per heavy atom. The van der Waals surface area contributed by atoms with E-state index in [1.165, 1.54) is 5.57 Å². The lowest BCUT2D eigenvalue weighted by atomic mass is 9.52. The van der Waals surface area contributed by atoms with Gasteiger partial charge in [0.1, 0.15) is 5.75 Å². The standard InChI is InChI=1S/C38H54ClN3O5S/c1-26-9-7-17-38(46-6,19-20-41(4)5)32-13-11-29(32)23-42-24-37(16-8-10-30-22-31(39)15-18-36(30,37)3)25-47-34-14-12-28(21-33(34)42)35(43)40-48(44,45)27(26)2/h7,12,14-15,17,21-22,26-27,29,32H,8-11,13,16,18-20,23-25H2,1-6H3,(H,40,43)/b17-7+/t26-,27+,29-,32+,36?,37-,38+/m0/s1. The Kier molecular flexibility index (Phi) is 9.92. The van der Waals surface area contributed by atoms with Gasteiger partial charge in [0.25, 0.3) is 5.91 Å². The minimum absolute atomic E-state index is 0.119. The summed E-state index contributed by atoms with van der Waals surface area (Å²) in [5.41, 5.74) is 1.80. The zero-order valence-corrected chi connectivity index (χ0v) is 31.1. The van der Waals surface area contributed by atoms with E-state index in [9.17, 15) is 13.2 Å². The average Bonchev–Trinajstić information content (AvgIpc) is 3.19. The van der Waals surface area contributed by atoms with Crippen LogP contribution in [0.15, 0.2) is 53.1 Å². The number of methoxy groups -OCH3 is 1. The Hall–Kier alpha value is -2.33. The summed E-state index contributed by atoms with van der Waals surface area (Å²) in [5, 5.41) is 0.0534. The molecule has 1 aromatic rings. The predicted octanol–water partition coefficient (Wildman–Crippen LogP) is 6.92. The Balaban J connectivity index is 1.45. The maximum absolute atomic E-state index is 13.6. The molecule has 0 saturated heterocycles. The molecule has 2 fully saturated rings. The van der Waals surface area contributed by atoms with Gasteiger partial charge in [0.05, 0.1) is 23.1 Å². The summed E-state index contributed by atoms with van der Waals surface area (Å²) in [6, 6.07) is 5.40. The maximum Gasteiger partial charge on any atom is 0.264 e. The number of rotatable bonds is 4. The lowest BCUT2D eigenvalue weighted by Crippen LogP contribution is -2.56. The minimum atomic E-state index is -3.93. The largest absolute Gasteiger partial charge is 0.491 e. The fourth-order valence-corrected chi connectivity index (χ4v) is 10.6. The van der Waals surface area contributed by atoms with Crippen LogP contribution in [0.1, 0.15) is 82.5 Å². The van der Waals surface area contributed by atoms with Gasteiger partial charge in [0.2, 0.25) is 10.0 Å². The van der Waals surface area contributed by atoms with Crippen LogP contribution in [0, 0.1) is 28.6 Å². The molecule has 1 amide bonds. The van der Waals surface area contributed by atoms with Crippen LogP contribution in [-0.2, 0) is 14.8 Å². The van der Waals surface area contributed by atoms with Gasteiger partial charge >= 0.3 is 0 Å². The van der Waals surface area contributed by atoms with Gasteiger partial charge in [-0.3, -0.25) is 4.79 Å². The van der Waals surface area contributed by atoms with Crippen molar-refractivity contribution >= 4 is 33.2 Å². The summed E-state index contributed by atoms with van der Waals surface area (Å²) in [6.07, 6.45) is 16.2. The van der Waals surface area contributed by atoms with E-state index in [-0.39, 0.29) is 16.7 Å². The molecule has 8 nitrogen and oxygen atoms in total. The third-order valence-electron chi connectivity index (χ3n) is 12.8. The third-order valence-corrected chi connectivity index (χ3v) is 15.0. The summed E-state index contributed by atoms with van der Waals surface area (Å²) in [6.45, 7) is 9.01. The molecule has 1 unspecified atom stereocenters. The van der Waals surface area contributed by atoms with Crippen molar-refractivity contribution in [2.24, 2.45) is 28.6 Å². The maximum atomic E-state index is 13.6. The van der Waals surface area contributed by atoms with Gasteiger partial charge in [-0.2, -0.15) is 0 Å². The molecule has 0 aromatic heterocycles. The number of amides is 1. The normalized spacial score (nSPS) is 37.2. The Morgan fingerprint density at radius 1 is 1.21 bits per heavy atom. The van der Waals surface area contributed by atoms with Gasteiger partial charge in [-0.25, -0.2) is 13.1 Å². The van der Waals surface area contributed by atoms with Crippen LogP contribution >= 0.6 is 11.6 Å². The smallest absolute Gasteiger partial charge is 0.264 e. The van der Waals surface area contributed by atoms with E-state index in [1.54, 1.807) is 13.0 Å². The number of nitrogens with zero attached hydrogens (tertiary/aromatic N) is 2. The molecule has 2 aliphatic heterocycles. The first-order valence-electron chi connectivity index (χ1n) is 17.7. The molecule has 48 heavy (non-hydrogen) atoms. The van der Waals surface area contributed by atoms with Gasteiger partial charge in [-0.05, 0) is 114 Å². The van der Waals surface area contributed by atoms with Crippen molar-refractivity contribution in [2.45, 2.75) is 83.0 Å². The molecule has 0 radical (unpaired) electrons. The molecule has 1 N–H and O–H groups in total. The molecule has 2 heterocycles. The van der Waals surface area contributed by atoms with Crippen molar-refractivity contribution in [2.75, 3.05) is 52.3 Å². The fourth-order valence-electron chi connectivity index (χ4n) is 9.09. The van der Waals surface area contributed by atoms with Crippen LogP contribution in [0.3, 0.4) is 0 Å². The zero-order valence-electron chi connectivity index (χ0n) is 29.6. The minimum Gasteiger partial charge on any atom is -0.491 e. The van der Waals surface area contributed by atoms with E-state index in [4.69, 9.17) is 21.1 Å². The number of benzene rings is 1. The summed E-state index contributed by atoms with van der Waals surface area (Å²) < 4.78 is 42.6. The molecule has 3 aliphatic carbocycles. The molecule has 5 aliphatic rings. The molecule has 2 saturated carbocycles. The summed E-state index contributed by atoms with van der Waals surface area (Å²) in [7, 11) is 2.09. The molecule has 264 valence electrons. The highest BCUT2D eigenvalue weighted by atomic mass is 35.5. The second-order valence-electron chi connectivity index (χ2n) is 15.7. The monoisotopic (exact) mass is 699 g/mol. The highest BCUT2D eigenvalue weighted by molar-refractivity contribution is 7.90. The molecule has 6 rings (SSSR count). The van der Waals surface area contributed by atoms with Crippen molar-refractivity contribution < 1.29 is 22.7 Å². The quantitative estimate of drug-likeness (QED) is 0.342. The lowest BCUT2D eigenvalue weighted by molar-refractivity contribution is -0.0829. The van der Waals surface area contributed by atoms with Crippen LogP contribution in [-0.4, -0.2) is 77.5 Å². The second-order valence-corrected chi connectivity index (χ2v) is 18.2. The van der Waals surface area contributed by atoms with Gasteiger partial charge in [-0.1, -0.05) is 49.2 Å². The molecule has 7 atom stereocenters. The highest BCUT2D eigenvalue weighted by Crippen LogP contribution is 2.60. The van der Waals surface area contributed by atoms with Gasteiger partial charge in [0.15, 0.2) is 0 Å². The molecule has 1 aromatic carbocycles. The van der Waals surface area contributed by atoms with Crippen LogP contribution in [0.4, 0.5) is 5.69 Å². The van der Waals surface area contributed by atoms with Crippen molar-refractivity contribution in [3.8, 4) is 5.75 Å². The molecule has 2 bridgehead atoms. The second kappa shape index (κ2) is 13.4. The van der Waals surface area contributed by atoms with Crippen molar-refractivity contribution in [3.63, 3.8) is 0 Å². The number of sulfonamides is 1. The molecular weight excluding hydrogens is 646 g/mol. The molecular formula is C38H54ClN3O5S. The summed E-state index contributed by atoms with van der Waals surface area (Å²) in [4.78, 5) is 18.2. The highest BCUT2D eigenvalue weighted by Gasteiger charge is 2.55. The molecule has 10 heteroatoms. The van der Waals surface area contributed by atoms with Crippen LogP contribution in [0.2, 0.25) is 0 Å². The van der Waals surface area contributed by atoms with Gasteiger partial charge in [-0.15, -0.1) is 0 Å². The Bertz CT molecular complexity index is 1610. The number of carbonyl (C=O) groups excluding carboxylic acids is 1. The lowest BCUT2D eigenvalue weighted by Gasteiger charge is -2.55. The topological polar surface area (TPSA) is 88.2 Å². The van der Waals surface area contributed by atoms with Crippen molar-refractivity contribution in [1.82, 2.24) is 9.62 Å². The zero-order chi connectivity index (χ0) is 34.5. The molecule has 1 spiro atoms. The number of halogens is 1. The van der Waals surface area contributed by atoms with Crippen LogP contribution in [0.5, 0.6) is 5.75 Å². The van der Waals surface area contributed by atoms with E-state index in [0.717, 1.165) is 81.0 Å². The number of hydrogen-bond donors (Lipinski definition) is 1. The van der Waals surface area contributed by atoms with E-state index in [2.05, 4.69) is 59.8 Å². The number of nitrogens with one attached hydrogen (secondary N) is 1. The summed E-state index contributed by atoms with van der Waals surface area (Å²) in [5.74, 6) is 0.595. The number of carbonyl (C=O) groups is 1. The van der Waals surface area contributed by atoms with Gasteiger partial charge < -0.3 is 19.3 Å². The fraction of sp³-hybridized carbons (Fsp3) is 0.658. The van der Waals surface area contributed by atoms with E-state index < -0.39 is 26.8 Å². The SMILES string of the molecule is CO[C@@]1(CCN(C)C)/C=C/C[C@H](C)[C@@H](C)S(=O)(=O)NC(=O)c2ccc3c(c2)N(C[C@@H]2CC[C@H]21)C[C@@]1(CCCC2=CC(Cl)=CCC21C)CO3. The van der Waals surface area contributed by atoms with E-state index in [1.807, 2.05) is 26.2 Å². The Labute approximate surface area is 293 Å². The Morgan fingerprint density at radius 3 is 2.71 bits per heavy atom. The average molecular weight is 700 g/mol. The predicted molar refractivity (Wildman–Crippen MR) is 193 cm³/mol. The number of hydrogen-bond acceptors (Lipinski definition) is 7. The first-order valence-corrected chi connectivity index (χ1v) is 19.7. The number of anilines is 1. The number of fused-ring (bicyclic) bond motifs is 4. The summed E-state index contributed by atoms with van der Waals surface area (Å²) >= 11 is 6.56. The third kappa shape index (κ3) is 6.38. The van der Waals surface area contributed by atoms with E-state index in [0.29, 0.717) is 30.4 Å². The first-order chi connectivity index (χ1) is 22.7. The van der Waals surface area contributed by atoms with Gasteiger partial charge in [0, 0.05) is 48.2 Å².